The zero-order valence-electron chi connectivity index (χ0n) is 8.45. The van der Waals surface area contributed by atoms with Gasteiger partial charge in [-0.15, -0.1) is 0 Å². The largest absolute Gasteiger partial charge is 0.478 e. The van der Waals surface area contributed by atoms with Gasteiger partial charge in [0.1, 0.15) is 0 Å². The first-order valence-electron chi connectivity index (χ1n) is 4.34. The lowest BCUT2D eigenvalue weighted by atomic mass is 10.2. The van der Waals surface area contributed by atoms with E-state index in [0.717, 1.165) is 19.2 Å². The Morgan fingerprint density at radius 2 is 2.18 bits per heavy atom. The number of alkyl halides is 3. The number of ether oxygens (including phenoxy) is 1. The first kappa shape index (κ1) is 13.6. The van der Waals surface area contributed by atoms with Crippen LogP contribution in [0.1, 0.15) is 17.3 Å². The Kier molecular flexibility index (Phi) is 3.82. The molecule has 0 saturated carbocycles. The van der Waals surface area contributed by atoms with Gasteiger partial charge in [-0.1, -0.05) is 11.6 Å². The van der Waals surface area contributed by atoms with Gasteiger partial charge in [-0.2, -0.15) is 13.2 Å². The van der Waals surface area contributed by atoms with Crippen LogP contribution in [0.2, 0.25) is 5.02 Å². The maximum absolute atomic E-state index is 12.2. The molecule has 1 N–H and O–H groups in total. The second-order valence-electron chi connectivity index (χ2n) is 3.11. The van der Waals surface area contributed by atoms with Crippen molar-refractivity contribution in [1.29, 1.82) is 0 Å². The van der Waals surface area contributed by atoms with E-state index >= 15 is 0 Å². The molecule has 1 unspecified atom stereocenters. The SMILES string of the molecule is CC(Oc1cc(C(=O)O)c(Cl)cn1)C(F)(F)F. The van der Waals surface area contributed by atoms with Crippen molar-refractivity contribution >= 4 is 17.6 Å². The van der Waals surface area contributed by atoms with Crippen molar-refractivity contribution in [3.63, 3.8) is 0 Å². The molecule has 0 aromatic carbocycles. The Labute approximate surface area is 99.0 Å². The smallest absolute Gasteiger partial charge is 0.425 e. The van der Waals surface area contributed by atoms with Gasteiger partial charge in [-0.05, 0) is 6.92 Å². The Morgan fingerprint density at radius 1 is 1.59 bits per heavy atom. The first-order chi connectivity index (χ1) is 7.71. The second kappa shape index (κ2) is 4.79. The number of aromatic nitrogens is 1. The zero-order valence-corrected chi connectivity index (χ0v) is 9.21. The van der Waals surface area contributed by atoms with Crippen LogP contribution in [0, 0.1) is 0 Å². The van der Waals surface area contributed by atoms with Crippen LogP contribution in [0.15, 0.2) is 12.3 Å². The Hall–Kier alpha value is -1.50. The van der Waals surface area contributed by atoms with E-state index in [9.17, 15) is 18.0 Å². The number of pyridine rings is 1. The Bertz CT molecular complexity index is 436. The van der Waals surface area contributed by atoms with Gasteiger partial charge in [0.15, 0.2) is 6.10 Å². The van der Waals surface area contributed by atoms with Crippen LogP contribution < -0.4 is 4.74 Å². The van der Waals surface area contributed by atoms with E-state index in [1.807, 2.05) is 0 Å². The van der Waals surface area contributed by atoms with Crippen LogP contribution >= 0.6 is 11.6 Å². The van der Waals surface area contributed by atoms with Crippen LogP contribution in [0.5, 0.6) is 5.88 Å². The summed E-state index contributed by atoms with van der Waals surface area (Å²) in [6.07, 6.45) is -5.72. The molecule has 8 heteroatoms. The van der Waals surface area contributed by atoms with E-state index in [-0.39, 0.29) is 10.6 Å². The minimum absolute atomic E-state index is 0.176. The fraction of sp³-hybridized carbons (Fsp3) is 0.333. The molecule has 0 aliphatic heterocycles. The summed E-state index contributed by atoms with van der Waals surface area (Å²) in [6.45, 7) is 0.788. The maximum Gasteiger partial charge on any atom is 0.425 e. The molecule has 0 spiro atoms. The highest BCUT2D eigenvalue weighted by molar-refractivity contribution is 6.33. The molecule has 1 rings (SSSR count). The minimum atomic E-state index is -4.55. The quantitative estimate of drug-likeness (QED) is 0.916. The number of carboxylic acid groups (broad SMARTS) is 1. The lowest BCUT2D eigenvalue weighted by molar-refractivity contribution is -0.189. The molecule has 0 bridgehead atoms. The van der Waals surface area contributed by atoms with E-state index in [0.29, 0.717) is 0 Å². The van der Waals surface area contributed by atoms with Crippen molar-refractivity contribution in [2.24, 2.45) is 0 Å². The van der Waals surface area contributed by atoms with Crippen molar-refractivity contribution in [1.82, 2.24) is 4.98 Å². The summed E-state index contributed by atoms with van der Waals surface area (Å²) in [5, 5.41) is 8.52. The number of carbonyl (C=O) groups is 1. The van der Waals surface area contributed by atoms with Crippen molar-refractivity contribution in [2.45, 2.75) is 19.2 Å². The average molecular weight is 270 g/mol. The summed E-state index contributed by atoms with van der Waals surface area (Å²) >= 11 is 5.50. The monoisotopic (exact) mass is 269 g/mol. The first-order valence-corrected chi connectivity index (χ1v) is 4.72. The molecule has 1 atom stereocenters. The molecule has 1 heterocycles. The highest BCUT2D eigenvalue weighted by Crippen LogP contribution is 2.25. The molecule has 0 fully saturated rings. The highest BCUT2D eigenvalue weighted by Gasteiger charge is 2.38. The van der Waals surface area contributed by atoms with Gasteiger partial charge in [0.05, 0.1) is 16.8 Å². The van der Waals surface area contributed by atoms with Gasteiger partial charge in [-0.25, -0.2) is 9.78 Å². The van der Waals surface area contributed by atoms with Gasteiger partial charge in [0.2, 0.25) is 5.88 Å². The van der Waals surface area contributed by atoms with Crippen LogP contribution in [0.4, 0.5) is 13.2 Å². The van der Waals surface area contributed by atoms with E-state index in [1.54, 1.807) is 0 Å². The minimum Gasteiger partial charge on any atom is -0.478 e. The topological polar surface area (TPSA) is 59.4 Å². The van der Waals surface area contributed by atoms with Gasteiger partial charge < -0.3 is 9.84 Å². The number of nitrogens with zero attached hydrogens (tertiary/aromatic N) is 1. The fourth-order valence-electron chi connectivity index (χ4n) is 0.896. The number of carboxylic acids is 1. The number of aromatic carboxylic acids is 1. The molecule has 0 saturated heterocycles. The van der Waals surface area contributed by atoms with Crippen molar-refractivity contribution in [3.8, 4) is 5.88 Å². The van der Waals surface area contributed by atoms with Crippen molar-refractivity contribution < 1.29 is 27.8 Å². The summed E-state index contributed by atoms with van der Waals surface area (Å²) in [5.41, 5.74) is -0.369. The molecule has 4 nitrogen and oxygen atoms in total. The fourth-order valence-corrected chi connectivity index (χ4v) is 1.08. The molecule has 17 heavy (non-hydrogen) atoms. The Morgan fingerprint density at radius 3 is 2.65 bits per heavy atom. The summed E-state index contributed by atoms with van der Waals surface area (Å²) in [7, 11) is 0. The van der Waals surface area contributed by atoms with Gasteiger partial charge >= 0.3 is 12.1 Å². The lowest BCUT2D eigenvalue weighted by Crippen LogP contribution is -2.31. The predicted octanol–water partition coefficient (Wildman–Crippen LogP) is 2.76. The van der Waals surface area contributed by atoms with E-state index in [1.165, 1.54) is 0 Å². The zero-order chi connectivity index (χ0) is 13.2. The average Bonchev–Trinajstić information content (AvgIpc) is 2.19. The standard InChI is InChI=1S/C9H7ClF3NO3/c1-4(9(11,12)13)17-7-2-5(8(15)16)6(10)3-14-7/h2-4H,1H3,(H,15,16). The summed E-state index contributed by atoms with van der Waals surface area (Å²) in [4.78, 5) is 14.1. The molecular weight excluding hydrogens is 263 g/mol. The molecule has 1 aromatic rings. The van der Waals surface area contributed by atoms with Gasteiger partial charge in [0, 0.05) is 6.07 Å². The van der Waals surface area contributed by atoms with Crippen molar-refractivity contribution in [2.75, 3.05) is 0 Å². The van der Waals surface area contributed by atoms with E-state index < -0.39 is 24.1 Å². The maximum atomic E-state index is 12.2. The normalized spacial score (nSPS) is 13.2. The van der Waals surface area contributed by atoms with Crippen LogP contribution in [0.3, 0.4) is 0 Å². The molecule has 0 amide bonds. The third kappa shape index (κ3) is 3.48. The molecule has 1 aromatic heterocycles. The lowest BCUT2D eigenvalue weighted by Gasteiger charge is -2.17. The molecule has 94 valence electrons. The van der Waals surface area contributed by atoms with Crippen molar-refractivity contribution in [3.05, 3.63) is 22.8 Å². The number of rotatable bonds is 3. The molecule has 0 radical (unpaired) electrons. The van der Waals surface area contributed by atoms with Crippen LogP contribution in [-0.4, -0.2) is 28.3 Å². The number of hydrogen-bond donors (Lipinski definition) is 1. The third-order valence-electron chi connectivity index (χ3n) is 1.82. The van der Waals surface area contributed by atoms with E-state index in [2.05, 4.69) is 9.72 Å². The highest BCUT2D eigenvalue weighted by atomic mass is 35.5. The third-order valence-corrected chi connectivity index (χ3v) is 2.12. The van der Waals surface area contributed by atoms with Crippen LogP contribution in [0.25, 0.3) is 0 Å². The summed E-state index contributed by atoms with van der Waals surface area (Å²) in [5.74, 6) is -1.82. The number of hydrogen-bond acceptors (Lipinski definition) is 3. The second-order valence-corrected chi connectivity index (χ2v) is 3.52. The van der Waals surface area contributed by atoms with Crippen LogP contribution in [-0.2, 0) is 0 Å². The number of halogens is 4. The van der Waals surface area contributed by atoms with E-state index in [4.69, 9.17) is 16.7 Å². The van der Waals surface area contributed by atoms with Gasteiger partial charge in [0.25, 0.3) is 0 Å². The molecular formula is C9H7ClF3NO3. The predicted molar refractivity (Wildman–Crippen MR) is 52.4 cm³/mol. The Balaban J connectivity index is 2.94. The molecule has 0 aliphatic rings. The van der Waals surface area contributed by atoms with Gasteiger partial charge in [-0.3, -0.25) is 0 Å². The summed E-state index contributed by atoms with van der Waals surface area (Å²) < 4.78 is 41.0. The summed E-state index contributed by atoms with van der Waals surface area (Å²) in [6, 6.07) is 0.840. The molecule has 0 aliphatic carbocycles.